The lowest BCUT2D eigenvalue weighted by molar-refractivity contribution is -0.143. The molecule has 0 unspecified atom stereocenters. The maximum Gasteiger partial charge on any atom is 0.314 e. The van der Waals surface area contributed by atoms with Crippen LogP contribution >= 0.6 is 15.9 Å². The molecule has 18 heavy (non-hydrogen) atoms. The second-order valence-corrected chi connectivity index (χ2v) is 5.42. The lowest BCUT2D eigenvalue weighted by atomic mass is 9.78. The number of carboxylic acid groups (broad SMARTS) is 1. The van der Waals surface area contributed by atoms with Crippen LogP contribution in [-0.4, -0.2) is 23.3 Å². The molecule has 0 radical (unpaired) electrons. The third kappa shape index (κ3) is 1.86. The van der Waals surface area contributed by atoms with Crippen molar-refractivity contribution in [2.75, 3.05) is 7.11 Å². The number of rotatable bonds is 3. The van der Waals surface area contributed by atoms with Gasteiger partial charge in [-0.2, -0.15) is 0 Å². The van der Waals surface area contributed by atoms with E-state index in [-0.39, 0.29) is 5.75 Å². The summed E-state index contributed by atoms with van der Waals surface area (Å²) in [4.78, 5) is 11.7. The maximum absolute atomic E-state index is 11.7. The molecule has 1 aliphatic rings. The predicted molar refractivity (Wildman–Crippen MR) is 70.1 cm³/mol. The van der Waals surface area contributed by atoms with Crippen molar-refractivity contribution in [3.8, 4) is 11.5 Å². The quantitative estimate of drug-likeness (QED) is 0.899. The Balaban J connectivity index is 2.65. The van der Waals surface area contributed by atoms with E-state index in [1.807, 2.05) is 0 Å². The number of halogens is 1. The number of carboxylic acids is 1. The van der Waals surface area contributed by atoms with Gasteiger partial charge in [0, 0.05) is 10.0 Å². The standard InChI is InChI=1S/C13H15BrO4/c1-18-9-5-4-8(14)10(11(9)15)13(12(16)17)6-2-3-7-13/h4-5,15H,2-3,6-7H2,1H3,(H,16,17). The Morgan fingerprint density at radius 3 is 2.50 bits per heavy atom. The highest BCUT2D eigenvalue weighted by Gasteiger charge is 2.46. The molecule has 0 aliphatic heterocycles. The zero-order chi connectivity index (χ0) is 13.3. The molecule has 2 rings (SSSR count). The van der Waals surface area contributed by atoms with Gasteiger partial charge in [0.1, 0.15) is 0 Å². The number of aromatic hydroxyl groups is 1. The van der Waals surface area contributed by atoms with Crippen molar-refractivity contribution in [2.45, 2.75) is 31.1 Å². The first-order valence-corrected chi connectivity index (χ1v) is 6.61. The van der Waals surface area contributed by atoms with Gasteiger partial charge in [-0.25, -0.2) is 0 Å². The van der Waals surface area contributed by atoms with Gasteiger partial charge in [-0.1, -0.05) is 28.8 Å². The van der Waals surface area contributed by atoms with Gasteiger partial charge in [-0.05, 0) is 25.0 Å². The molecule has 0 heterocycles. The van der Waals surface area contributed by atoms with Crippen molar-refractivity contribution in [3.05, 3.63) is 22.2 Å². The lowest BCUT2D eigenvalue weighted by Crippen LogP contribution is -2.33. The Morgan fingerprint density at radius 2 is 2.00 bits per heavy atom. The molecule has 4 nitrogen and oxygen atoms in total. The first-order valence-electron chi connectivity index (χ1n) is 5.82. The minimum atomic E-state index is -1.00. The third-order valence-corrected chi connectivity index (χ3v) is 4.32. The van der Waals surface area contributed by atoms with Crippen molar-refractivity contribution in [1.29, 1.82) is 0 Å². The SMILES string of the molecule is COc1ccc(Br)c(C2(C(=O)O)CCCC2)c1O. The maximum atomic E-state index is 11.7. The summed E-state index contributed by atoms with van der Waals surface area (Å²) in [6.07, 6.45) is 2.80. The van der Waals surface area contributed by atoms with Gasteiger partial charge >= 0.3 is 5.97 Å². The Bertz CT molecular complexity index is 478. The highest BCUT2D eigenvalue weighted by molar-refractivity contribution is 9.10. The molecule has 1 fully saturated rings. The minimum Gasteiger partial charge on any atom is -0.504 e. The average Bonchev–Trinajstić information content (AvgIpc) is 2.80. The molecule has 0 atom stereocenters. The van der Waals surface area contributed by atoms with Crippen LogP contribution in [0.1, 0.15) is 31.2 Å². The molecule has 0 bridgehead atoms. The second-order valence-electron chi connectivity index (χ2n) is 4.57. The summed E-state index contributed by atoms with van der Waals surface area (Å²) in [5.74, 6) is -0.652. The zero-order valence-electron chi connectivity index (χ0n) is 10.1. The molecule has 0 spiro atoms. The summed E-state index contributed by atoms with van der Waals surface area (Å²) in [6.45, 7) is 0. The lowest BCUT2D eigenvalue weighted by Gasteiger charge is -2.27. The molecule has 0 amide bonds. The van der Waals surface area contributed by atoms with Gasteiger partial charge in [0.15, 0.2) is 11.5 Å². The summed E-state index contributed by atoms with van der Waals surface area (Å²) in [5.41, 5.74) is -0.566. The van der Waals surface area contributed by atoms with E-state index in [1.165, 1.54) is 7.11 Å². The fraction of sp³-hybridized carbons (Fsp3) is 0.462. The first kappa shape index (κ1) is 13.2. The molecule has 0 saturated heterocycles. The van der Waals surface area contributed by atoms with Crippen LogP contribution in [0, 0.1) is 0 Å². The highest BCUT2D eigenvalue weighted by Crippen LogP contribution is 2.50. The number of benzene rings is 1. The second kappa shape index (κ2) is 4.80. The zero-order valence-corrected chi connectivity index (χ0v) is 11.7. The number of ether oxygens (including phenoxy) is 1. The number of methoxy groups -OCH3 is 1. The molecule has 1 saturated carbocycles. The van der Waals surface area contributed by atoms with E-state index in [1.54, 1.807) is 12.1 Å². The van der Waals surface area contributed by atoms with E-state index in [9.17, 15) is 15.0 Å². The van der Waals surface area contributed by atoms with E-state index >= 15 is 0 Å². The predicted octanol–water partition coefficient (Wildman–Crippen LogP) is 3.06. The smallest absolute Gasteiger partial charge is 0.314 e. The Kier molecular flexibility index (Phi) is 3.52. The molecule has 1 aromatic carbocycles. The van der Waals surface area contributed by atoms with Gasteiger partial charge in [-0.15, -0.1) is 0 Å². The summed E-state index contributed by atoms with van der Waals surface area (Å²) in [6, 6.07) is 3.34. The Hall–Kier alpha value is -1.23. The fourth-order valence-corrected chi connectivity index (χ4v) is 3.42. The molecular weight excluding hydrogens is 300 g/mol. The van der Waals surface area contributed by atoms with Gasteiger partial charge in [0.25, 0.3) is 0 Å². The van der Waals surface area contributed by atoms with Gasteiger partial charge < -0.3 is 14.9 Å². The van der Waals surface area contributed by atoms with Crippen molar-refractivity contribution < 1.29 is 19.7 Å². The molecule has 5 heteroatoms. The highest BCUT2D eigenvalue weighted by atomic mass is 79.9. The molecule has 1 aromatic rings. The number of phenols is 1. The monoisotopic (exact) mass is 314 g/mol. The van der Waals surface area contributed by atoms with Crippen molar-refractivity contribution in [1.82, 2.24) is 0 Å². The molecule has 1 aliphatic carbocycles. The summed E-state index contributed by atoms with van der Waals surface area (Å²) >= 11 is 3.35. The van der Waals surface area contributed by atoms with E-state index in [4.69, 9.17) is 4.74 Å². The third-order valence-electron chi connectivity index (χ3n) is 3.66. The molecule has 2 N–H and O–H groups in total. The largest absolute Gasteiger partial charge is 0.504 e. The summed E-state index contributed by atoms with van der Waals surface area (Å²) in [5, 5.41) is 19.8. The topological polar surface area (TPSA) is 66.8 Å². The van der Waals surface area contributed by atoms with Crippen LogP contribution in [0.3, 0.4) is 0 Å². The van der Waals surface area contributed by atoms with Crippen molar-refractivity contribution in [2.24, 2.45) is 0 Å². The molecular formula is C13H15BrO4. The number of hydrogen-bond acceptors (Lipinski definition) is 3. The number of phenolic OH excluding ortho intramolecular Hbond substituents is 1. The van der Waals surface area contributed by atoms with Crippen LogP contribution in [0.5, 0.6) is 11.5 Å². The van der Waals surface area contributed by atoms with Crippen LogP contribution < -0.4 is 4.74 Å². The van der Waals surface area contributed by atoms with E-state index in [0.29, 0.717) is 28.6 Å². The summed E-state index contributed by atoms with van der Waals surface area (Å²) < 4.78 is 5.68. The average molecular weight is 315 g/mol. The van der Waals surface area contributed by atoms with Crippen LogP contribution in [0.15, 0.2) is 16.6 Å². The first-order chi connectivity index (χ1) is 8.53. The normalized spacial score (nSPS) is 17.7. The van der Waals surface area contributed by atoms with Crippen LogP contribution in [-0.2, 0) is 10.2 Å². The van der Waals surface area contributed by atoms with E-state index in [0.717, 1.165) is 12.8 Å². The van der Waals surface area contributed by atoms with Crippen molar-refractivity contribution >= 4 is 21.9 Å². The van der Waals surface area contributed by atoms with Crippen LogP contribution in [0.2, 0.25) is 0 Å². The molecule has 98 valence electrons. The molecule has 0 aromatic heterocycles. The number of aliphatic carboxylic acids is 1. The minimum absolute atomic E-state index is 0.0730. The van der Waals surface area contributed by atoms with Gasteiger partial charge in [-0.3, -0.25) is 4.79 Å². The Labute approximate surface area is 114 Å². The number of hydrogen-bond donors (Lipinski definition) is 2. The van der Waals surface area contributed by atoms with Gasteiger partial charge in [0.2, 0.25) is 0 Å². The van der Waals surface area contributed by atoms with Crippen LogP contribution in [0.25, 0.3) is 0 Å². The van der Waals surface area contributed by atoms with E-state index < -0.39 is 11.4 Å². The van der Waals surface area contributed by atoms with Crippen molar-refractivity contribution in [3.63, 3.8) is 0 Å². The van der Waals surface area contributed by atoms with Gasteiger partial charge in [0.05, 0.1) is 12.5 Å². The van der Waals surface area contributed by atoms with E-state index in [2.05, 4.69) is 15.9 Å². The van der Waals surface area contributed by atoms with Crippen LogP contribution in [0.4, 0.5) is 0 Å². The summed E-state index contributed by atoms with van der Waals surface area (Å²) in [7, 11) is 1.45. The number of carbonyl (C=O) groups is 1. The Morgan fingerprint density at radius 1 is 1.39 bits per heavy atom. The fourth-order valence-electron chi connectivity index (χ4n) is 2.72.